The van der Waals surface area contributed by atoms with E-state index < -0.39 is 0 Å². The molecule has 1 aromatic carbocycles. The summed E-state index contributed by atoms with van der Waals surface area (Å²) in [4.78, 5) is 0. The molecule has 0 heterocycles. The normalized spacial score (nSPS) is 23.2. The largest absolute Gasteiger partial charge is 0.496 e. The molecule has 3 heteroatoms. The van der Waals surface area contributed by atoms with Crippen molar-refractivity contribution in [3.63, 3.8) is 0 Å². The van der Waals surface area contributed by atoms with Crippen LogP contribution in [0.2, 0.25) is 0 Å². The SMILES string of the molecule is COc1ccc(C)cc1CNCC1CC(N)C1. The molecule has 0 aliphatic heterocycles. The van der Waals surface area contributed by atoms with E-state index in [0.717, 1.165) is 37.6 Å². The van der Waals surface area contributed by atoms with Crippen molar-refractivity contribution in [3.05, 3.63) is 29.3 Å². The van der Waals surface area contributed by atoms with E-state index in [-0.39, 0.29) is 0 Å². The summed E-state index contributed by atoms with van der Waals surface area (Å²) in [6.07, 6.45) is 2.33. The van der Waals surface area contributed by atoms with Gasteiger partial charge in [-0.2, -0.15) is 0 Å². The van der Waals surface area contributed by atoms with Gasteiger partial charge in [-0.3, -0.25) is 0 Å². The fourth-order valence-corrected chi connectivity index (χ4v) is 2.41. The maximum absolute atomic E-state index is 5.77. The molecule has 1 fully saturated rings. The first-order chi connectivity index (χ1) is 8.19. The molecule has 1 aliphatic rings. The number of hydrogen-bond donors (Lipinski definition) is 2. The molecule has 0 amide bonds. The van der Waals surface area contributed by atoms with Crippen molar-refractivity contribution in [2.75, 3.05) is 13.7 Å². The van der Waals surface area contributed by atoms with Crippen LogP contribution in [0, 0.1) is 12.8 Å². The predicted octanol–water partition coefficient (Wildman–Crippen LogP) is 1.83. The highest BCUT2D eigenvalue weighted by molar-refractivity contribution is 5.36. The van der Waals surface area contributed by atoms with Gasteiger partial charge in [0.25, 0.3) is 0 Å². The van der Waals surface area contributed by atoms with Crippen LogP contribution in [0.15, 0.2) is 18.2 Å². The fraction of sp³-hybridized carbons (Fsp3) is 0.571. The van der Waals surface area contributed by atoms with E-state index in [4.69, 9.17) is 10.5 Å². The summed E-state index contributed by atoms with van der Waals surface area (Å²) >= 11 is 0. The lowest BCUT2D eigenvalue weighted by atomic mass is 9.81. The number of ether oxygens (including phenoxy) is 1. The van der Waals surface area contributed by atoms with Gasteiger partial charge in [-0.25, -0.2) is 0 Å². The lowest BCUT2D eigenvalue weighted by Crippen LogP contribution is -2.41. The minimum atomic E-state index is 0.440. The standard InChI is InChI=1S/C14H22N2O/c1-10-3-4-14(17-2)12(5-10)9-16-8-11-6-13(15)7-11/h3-5,11,13,16H,6-9,15H2,1-2H3. The van der Waals surface area contributed by atoms with Gasteiger partial charge >= 0.3 is 0 Å². The zero-order valence-corrected chi connectivity index (χ0v) is 10.7. The minimum absolute atomic E-state index is 0.440. The summed E-state index contributed by atoms with van der Waals surface area (Å²) in [6, 6.07) is 6.73. The predicted molar refractivity (Wildman–Crippen MR) is 70.1 cm³/mol. The summed E-state index contributed by atoms with van der Waals surface area (Å²) in [6.45, 7) is 4.04. The van der Waals surface area contributed by atoms with E-state index in [1.807, 2.05) is 6.07 Å². The third-order valence-electron chi connectivity index (χ3n) is 3.46. The van der Waals surface area contributed by atoms with E-state index in [9.17, 15) is 0 Å². The Morgan fingerprint density at radius 3 is 2.82 bits per heavy atom. The second kappa shape index (κ2) is 5.52. The number of methoxy groups -OCH3 is 1. The van der Waals surface area contributed by atoms with Crippen LogP contribution in [0.3, 0.4) is 0 Å². The quantitative estimate of drug-likeness (QED) is 0.817. The van der Waals surface area contributed by atoms with E-state index in [1.165, 1.54) is 11.1 Å². The third-order valence-corrected chi connectivity index (χ3v) is 3.46. The molecule has 0 saturated heterocycles. The van der Waals surface area contributed by atoms with E-state index in [2.05, 4.69) is 24.4 Å². The molecule has 1 saturated carbocycles. The minimum Gasteiger partial charge on any atom is -0.496 e. The molecule has 0 spiro atoms. The lowest BCUT2D eigenvalue weighted by Gasteiger charge is -2.32. The van der Waals surface area contributed by atoms with Gasteiger partial charge in [0.2, 0.25) is 0 Å². The second-order valence-corrected chi connectivity index (χ2v) is 5.04. The zero-order valence-electron chi connectivity index (χ0n) is 10.7. The fourth-order valence-electron chi connectivity index (χ4n) is 2.41. The monoisotopic (exact) mass is 234 g/mol. The molecule has 0 aromatic heterocycles. The highest BCUT2D eigenvalue weighted by Gasteiger charge is 2.25. The number of hydrogen-bond acceptors (Lipinski definition) is 3. The van der Waals surface area contributed by atoms with Crippen molar-refractivity contribution in [2.45, 2.75) is 32.4 Å². The van der Waals surface area contributed by atoms with Crippen LogP contribution in [0.5, 0.6) is 5.75 Å². The van der Waals surface area contributed by atoms with Crippen LogP contribution in [-0.4, -0.2) is 19.7 Å². The Hall–Kier alpha value is -1.06. The van der Waals surface area contributed by atoms with Crippen molar-refractivity contribution in [1.82, 2.24) is 5.32 Å². The maximum atomic E-state index is 5.77. The van der Waals surface area contributed by atoms with Crippen molar-refractivity contribution in [2.24, 2.45) is 11.7 Å². The Bertz CT molecular complexity index is 372. The van der Waals surface area contributed by atoms with Gasteiger partial charge in [-0.1, -0.05) is 17.7 Å². The first-order valence-electron chi connectivity index (χ1n) is 6.29. The van der Waals surface area contributed by atoms with E-state index >= 15 is 0 Å². The molecule has 0 atom stereocenters. The first kappa shape index (κ1) is 12.4. The van der Waals surface area contributed by atoms with Crippen LogP contribution >= 0.6 is 0 Å². The van der Waals surface area contributed by atoms with Gasteiger partial charge in [0.15, 0.2) is 0 Å². The average molecular weight is 234 g/mol. The molecule has 0 bridgehead atoms. The van der Waals surface area contributed by atoms with Gasteiger partial charge in [-0.15, -0.1) is 0 Å². The first-order valence-corrected chi connectivity index (χ1v) is 6.29. The maximum Gasteiger partial charge on any atom is 0.123 e. The number of rotatable bonds is 5. The van der Waals surface area contributed by atoms with Crippen molar-refractivity contribution in [1.29, 1.82) is 0 Å². The number of benzene rings is 1. The average Bonchev–Trinajstić information content (AvgIpc) is 2.27. The summed E-state index contributed by atoms with van der Waals surface area (Å²) in [5, 5.41) is 3.49. The molecule has 3 N–H and O–H groups in total. The molecule has 2 rings (SSSR count). The molecular formula is C14H22N2O. The van der Waals surface area contributed by atoms with Gasteiger partial charge in [-0.05, 0) is 38.3 Å². The Morgan fingerprint density at radius 1 is 1.41 bits per heavy atom. The molecule has 3 nitrogen and oxygen atoms in total. The lowest BCUT2D eigenvalue weighted by molar-refractivity contribution is 0.255. The highest BCUT2D eigenvalue weighted by atomic mass is 16.5. The number of nitrogens with one attached hydrogen (secondary N) is 1. The second-order valence-electron chi connectivity index (χ2n) is 5.04. The Labute approximate surface area is 103 Å². The van der Waals surface area contributed by atoms with Gasteiger partial charge in [0, 0.05) is 18.2 Å². The Morgan fingerprint density at radius 2 is 2.18 bits per heavy atom. The smallest absolute Gasteiger partial charge is 0.123 e. The topological polar surface area (TPSA) is 47.3 Å². The highest BCUT2D eigenvalue weighted by Crippen LogP contribution is 2.25. The zero-order chi connectivity index (χ0) is 12.3. The molecular weight excluding hydrogens is 212 g/mol. The van der Waals surface area contributed by atoms with Crippen molar-refractivity contribution in [3.8, 4) is 5.75 Å². The van der Waals surface area contributed by atoms with Crippen LogP contribution in [0.1, 0.15) is 24.0 Å². The molecule has 1 aromatic rings. The molecule has 1 aliphatic carbocycles. The van der Waals surface area contributed by atoms with Gasteiger partial charge < -0.3 is 15.8 Å². The third kappa shape index (κ3) is 3.20. The summed E-state index contributed by atoms with van der Waals surface area (Å²) < 4.78 is 5.36. The van der Waals surface area contributed by atoms with Crippen LogP contribution in [0.25, 0.3) is 0 Å². The molecule has 0 radical (unpaired) electrons. The summed E-state index contributed by atoms with van der Waals surface area (Å²) in [5.74, 6) is 1.73. The number of nitrogens with two attached hydrogens (primary N) is 1. The Kier molecular flexibility index (Phi) is 4.02. The molecule has 94 valence electrons. The molecule has 17 heavy (non-hydrogen) atoms. The number of aryl methyl sites for hydroxylation is 1. The van der Waals surface area contributed by atoms with Crippen molar-refractivity contribution < 1.29 is 4.74 Å². The van der Waals surface area contributed by atoms with Crippen LogP contribution < -0.4 is 15.8 Å². The van der Waals surface area contributed by atoms with E-state index in [0.29, 0.717) is 6.04 Å². The van der Waals surface area contributed by atoms with Crippen molar-refractivity contribution >= 4 is 0 Å². The van der Waals surface area contributed by atoms with Crippen LogP contribution in [-0.2, 0) is 6.54 Å². The Balaban J connectivity index is 1.83. The van der Waals surface area contributed by atoms with E-state index in [1.54, 1.807) is 7.11 Å². The van der Waals surface area contributed by atoms with Crippen LogP contribution in [0.4, 0.5) is 0 Å². The summed E-state index contributed by atoms with van der Waals surface area (Å²) in [5.41, 5.74) is 8.27. The molecule has 0 unspecified atom stereocenters. The summed E-state index contributed by atoms with van der Waals surface area (Å²) in [7, 11) is 1.72. The van der Waals surface area contributed by atoms with Gasteiger partial charge in [0.1, 0.15) is 5.75 Å². The van der Waals surface area contributed by atoms with Gasteiger partial charge in [0.05, 0.1) is 7.11 Å².